The molecule has 0 radical (unpaired) electrons. The maximum Gasteiger partial charge on any atom is 0.379 e. The van der Waals surface area contributed by atoms with Gasteiger partial charge in [-0.1, -0.05) is 18.7 Å². The zero-order valence-electron chi connectivity index (χ0n) is 13.9. The number of hydrogen-bond donors (Lipinski definition) is 0. The fourth-order valence-electron chi connectivity index (χ4n) is 1.92. The zero-order valence-corrected chi connectivity index (χ0v) is 13.9. The molecule has 1 aromatic heterocycles. The highest BCUT2D eigenvalue weighted by Gasteiger charge is 2.16. The number of nitrogens with zero attached hydrogens (tertiary/aromatic N) is 1. The van der Waals surface area contributed by atoms with Crippen LogP contribution in [0.25, 0.3) is 6.08 Å². The Kier molecular flexibility index (Phi) is 6.34. The second kappa shape index (κ2) is 8.89. The van der Waals surface area contributed by atoms with Crippen LogP contribution < -0.4 is 9.47 Å². The molecule has 26 heavy (non-hydrogen) atoms. The number of hydrogen-bond acceptors (Lipinski definition) is 7. The molecule has 132 valence electrons. The normalized spacial score (nSPS) is 10.5. The number of rotatable bonds is 7. The summed E-state index contributed by atoms with van der Waals surface area (Å²) in [6, 6.07) is 9.37. The molecule has 7 heteroatoms. The predicted molar refractivity (Wildman–Crippen MR) is 91.4 cm³/mol. The van der Waals surface area contributed by atoms with Gasteiger partial charge in [0.2, 0.25) is 5.76 Å². The summed E-state index contributed by atoms with van der Waals surface area (Å²) in [5.74, 6) is -0.982. The van der Waals surface area contributed by atoms with Crippen molar-refractivity contribution in [3.63, 3.8) is 0 Å². The van der Waals surface area contributed by atoms with E-state index in [1.54, 1.807) is 18.2 Å². The molecule has 0 aliphatic heterocycles. The molecular weight excluding hydrogens is 338 g/mol. The summed E-state index contributed by atoms with van der Waals surface area (Å²) in [5.41, 5.74) is 0.306. The highest BCUT2D eigenvalue weighted by atomic mass is 16.6. The second-order valence-corrected chi connectivity index (χ2v) is 4.83. The Hall–Kier alpha value is -3.79. The molecular formula is C19H15NO6. The van der Waals surface area contributed by atoms with E-state index in [9.17, 15) is 9.59 Å². The fraction of sp³-hybridized carbons (Fsp3) is 0.105. The number of ether oxygens (including phenoxy) is 3. The third-order valence-corrected chi connectivity index (χ3v) is 3.10. The van der Waals surface area contributed by atoms with Crippen LogP contribution in [0.4, 0.5) is 0 Å². The van der Waals surface area contributed by atoms with Crippen LogP contribution in [0.15, 0.2) is 59.2 Å². The van der Waals surface area contributed by atoms with Crippen LogP contribution in [0.3, 0.4) is 0 Å². The molecule has 0 saturated heterocycles. The van der Waals surface area contributed by atoms with Crippen molar-refractivity contribution in [3.05, 3.63) is 66.1 Å². The number of carbonyl (C=O) groups excluding carboxylic acids is 2. The fourth-order valence-corrected chi connectivity index (χ4v) is 1.92. The Balaban J connectivity index is 2.23. The third kappa shape index (κ3) is 4.61. The molecule has 0 bridgehead atoms. The lowest BCUT2D eigenvalue weighted by molar-refractivity contribution is -0.137. The molecule has 0 aliphatic rings. The van der Waals surface area contributed by atoms with Crippen LogP contribution in [0.1, 0.15) is 16.1 Å². The van der Waals surface area contributed by atoms with Crippen LogP contribution in [0.5, 0.6) is 11.5 Å². The van der Waals surface area contributed by atoms with Crippen molar-refractivity contribution in [2.24, 2.45) is 0 Å². The Morgan fingerprint density at radius 1 is 1.31 bits per heavy atom. The second-order valence-electron chi connectivity index (χ2n) is 4.83. The molecule has 0 N–H and O–H groups in total. The van der Waals surface area contributed by atoms with Gasteiger partial charge in [0.1, 0.15) is 18.2 Å². The van der Waals surface area contributed by atoms with Gasteiger partial charge in [0, 0.05) is 0 Å². The van der Waals surface area contributed by atoms with E-state index in [0.717, 1.165) is 0 Å². The highest BCUT2D eigenvalue weighted by Crippen LogP contribution is 2.29. The SMILES string of the molecule is C=CCOC(=O)/C(C#N)=C/c1ccc(OC(=O)c2ccco2)c(OC)c1. The predicted octanol–water partition coefficient (Wildman–Crippen LogP) is 3.14. The Bertz CT molecular complexity index is 874. The van der Waals surface area contributed by atoms with Gasteiger partial charge >= 0.3 is 11.9 Å². The van der Waals surface area contributed by atoms with Gasteiger partial charge in [-0.3, -0.25) is 0 Å². The molecule has 1 aromatic carbocycles. The van der Waals surface area contributed by atoms with Crippen LogP contribution in [0.2, 0.25) is 0 Å². The van der Waals surface area contributed by atoms with Crippen LogP contribution in [-0.4, -0.2) is 25.7 Å². The third-order valence-electron chi connectivity index (χ3n) is 3.10. The van der Waals surface area contributed by atoms with Crippen molar-refractivity contribution in [2.45, 2.75) is 0 Å². The van der Waals surface area contributed by atoms with Crippen molar-refractivity contribution in [1.29, 1.82) is 5.26 Å². The quantitative estimate of drug-likeness (QED) is 0.248. The summed E-state index contributed by atoms with van der Waals surface area (Å²) >= 11 is 0. The van der Waals surface area contributed by atoms with E-state index < -0.39 is 11.9 Å². The summed E-state index contributed by atoms with van der Waals surface area (Å²) in [6.07, 6.45) is 4.10. The van der Waals surface area contributed by atoms with Crippen LogP contribution in [0, 0.1) is 11.3 Å². The van der Waals surface area contributed by atoms with Gasteiger partial charge in [0.05, 0.1) is 13.4 Å². The smallest absolute Gasteiger partial charge is 0.379 e. The standard InChI is InChI=1S/C19H15NO6/c1-3-8-25-18(21)14(12-20)10-13-6-7-15(17(11-13)23-2)26-19(22)16-5-4-9-24-16/h3-7,9-11H,1,8H2,2H3/b14-10+. The van der Waals surface area contributed by atoms with Gasteiger partial charge in [0.25, 0.3) is 0 Å². The largest absolute Gasteiger partial charge is 0.493 e. The van der Waals surface area contributed by atoms with Gasteiger partial charge in [-0.05, 0) is 35.9 Å². The van der Waals surface area contributed by atoms with Crippen molar-refractivity contribution >= 4 is 18.0 Å². The Morgan fingerprint density at radius 2 is 2.12 bits per heavy atom. The van der Waals surface area contributed by atoms with E-state index in [1.807, 2.05) is 0 Å². The van der Waals surface area contributed by atoms with Crippen LogP contribution in [-0.2, 0) is 9.53 Å². The maximum absolute atomic E-state index is 11.9. The Labute approximate surface area is 149 Å². The molecule has 1 heterocycles. The molecule has 0 saturated carbocycles. The first kappa shape index (κ1) is 18.5. The minimum atomic E-state index is -0.764. The van der Waals surface area contributed by atoms with Crippen molar-refractivity contribution in [3.8, 4) is 17.6 Å². The lowest BCUT2D eigenvalue weighted by Gasteiger charge is -2.09. The average Bonchev–Trinajstić information content (AvgIpc) is 3.19. The molecule has 2 aromatic rings. The summed E-state index contributed by atoms with van der Waals surface area (Å²) in [7, 11) is 1.40. The first-order valence-corrected chi connectivity index (χ1v) is 7.42. The van der Waals surface area contributed by atoms with Crippen molar-refractivity contribution in [1.82, 2.24) is 0 Å². The minimum absolute atomic E-state index is 0.00282. The van der Waals surface area contributed by atoms with Gasteiger partial charge in [-0.2, -0.15) is 5.26 Å². The molecule has 0 aliphatic carbocycles. The molecule has 2 rings (SSSR count). The first-order valence-electron chi connectivity index (χ1n) is 7.42. The molecule has 0 amide bonds. The van der Waals surface area contributed by atoms with Crippen LogP contribution >= 0.6 is 0 Å². The van der Waals surface area contributed by atoms with Gasteiger partial charge < -0.3 is 18.6 Å². The van der Waals surface area contributed by atoms with Gasteiger partial charge in [-0.15, -0.1) is 0 Å². The topological polar surface area (TPSA) is 98.8 Å². The number of carbonyl (C=O) groups is 2. The summed E-state index contributed by atoms with van der Waals surface area (Å²) < 4.78 is 20.2. The summed E-state index contributed by atoms with van der Waals surface area (Å²) in [4.78, 5) is 23.7. The minimum Gasteiger partial charge on any atom is -0.493 e. The average molecular weight is 353 g/mol. The number of benzene rings is 1. The van der Waals surface area contributed by atoms with E-state index in [0.29, 0.717) is 5.56 Å². The number of nitriles is 1. The molecule has 0 atom stereocenters. The first-order chi connectivity index (χ1) is 12.6. The highest BCUT2D eigenvalue weighted by molar-refractivity contribution is 5.98. The van der Waals surface area contributed by atoms with E-state index in [-0.39, 0.29) is 29.4 Å². The zero-order chi connectivity index (χ0) is 18.9. The molecule has 7 nitrogen and oxygen atoms in total. The Morgan fingerprint density at radius 3 is 2.73 bits per heavy atom. The summed E-state index contributed by atoms with van der Waals surface area (Å²) in [6.45, 7) is 3.43. The van der Waals surface area contributed by atoms with Gasteiger partial charge in [-0.25, -0.2) is 9.59 Å². The monoisotopic (exact) mass is 353 g/mol. The van der Waals surface area contributed by atoms with Crippen molar-refractivity contribution in [2.75, 3.05) is 13.7 Å². The molecule has 0 unspecified atom stereocenters. The van der Waals surface area contributed by atoms with E-state index in [1.165, 1.54) is 43.7 Å². The van der Waals surface area contributed by atoms with E-state index in [2.05, 4.69) is 6.58 Å². The maximum atomic E-state index is 11.9. The molecule has 0 spiro atoms. The number of furan rings is 1. The summed E-state index contributed by atoms with van der Waals surface area (Å²) in [5, 5.41) is 9.11. The lowest BCUT2D eigenvalue weighted by Crippen LogP contribution is -2.08. The number of esters is 2. The lowest BCUT2D eigenvalue weighted by atomic mass is 10.1. The number of methoxy groups -OCH3 is 1. The van der Waals surface area contributed by atoms with E-state index in [4.69, 9.17) is 23.9 Å². The van der Waals surface area contributed by atoms with Gasteiger partial charge in [0.15, 0.2) is 11.5 Å². The molecule has 0 fully saturated rings. The van der Waals surface area contributed by atoms with E-state index >= 15 is 0 Å². The van der Waals surface area contributed by atoms with Crippen molar-refractivity contribution < 1.29 is 28.2 Å².